The Morgan fingerprint density at radius 3 is 3.11 bits per heavy atom. The van der Waals surface area contributed by atoms with Gasteiger partial charge in [0.15, 0.2) is 5.78 Å². The first-order chi connectivity index (χ1) is 9.20. The van der Waals surface area contributed by atoms with Crippen LogP contribution in [0.4, 0.5) is 0 Å². The van der Waals surface area contributed by atoms with Gasteiger partial charge in [0.1, 0.15) is 10.9 Å². The zero-order chi connectivity index (χ0) is 13.5. The molecule has 100 valence electrons. The second-order valence-electron chi connectivity index (χ2n) is 5.05. The van der Waals surface area contributed by atoms with Crippen molar-refractivity contribution in [1.82, 2.24) is 4.98 Å². The van der Waals surface area contributed by atoms with E-state index in [1.165, 1.54) is 11.8 Å². The Labute approximate surface area is 116 Å². The van der Waals surface area contributed by atoms with Crippen molar-refractivity contribution in [2.24, 2.45) is 10.9 Å². The van der Waals surface area contributed by atoms with Crippen LogP contribution in [0, 0.1) is 5.92 Å². The van der Waals surface area contributed by atoms with Gasteiger partial charge in [0, 0.05) is 19.4 Å². The molecule has 2 bridgehead atoms. The number of hydrogen-bond donors (Lipinski definition) is 1. The zero-order valence-corrected chi connectivity index (χ0v) is 11.6. The summed E-state index contributed by atoms with van der Waals surface area (Å²) in [5.74, 6) is -0.164. The average Bonchev–Trinajstić information content (AvgIpc) is 2.44. The number of aliphatic hydroxyl groups is 1. The average molecular weight is 276 g/mol. The molecule has 1 aliphatic heterocycles. The third kappa shape index (κ3) is 1.75. The van der Waals surface area contributed by atoms with Crippen molar-refractivity contribution < 1.29 is 9.90 Å². The number of aliphatic hydroxyl groups excluding tert-OH is 1. The monoisotopic (exact) mass is 276 g/mol. The fourth-order valence-electron chi connectivity index (χ4n) is 3.21. The van der Waals surface area contributed by atoms with Gasteiger partial charge >= 0.3 is 0 Å². The maximum atomic E-state index is 12.8. The van der Waals surface area contributed by atoms with Crippen LogP contribution in [-0.4, -0.2) is 33.4 Å². The van der Waals surface area contributed by atoms with Crippen molar-refractivity contribution in [3.05, 3.63) is 30.1 Å². The molecule has 1 saturated heterocycles. The molecule has 0 amide bonds. The smallest absolute Gasteiger partial charge is 0.156 e. The molecular formula is C14H16N2O2S. The first-order valence-corrected chi connectivity index (χ1v) is 7.35. The number of aromatic nitrogens is 1. The maximum Gasteiger partial charge on any atom is 0.156 e. The van der Waals surface area contributed by atoms with Crippen LogP contribution in [0.5, 0.6) is 0 Å². The minimum absolute atomic E-state index is 0.110. The molecule has 3 atom stereocenters. The Morgan fingerprint density at radius 1 is 1.58 bits per heavy atom. The van der Waals surface area contributed by atoms with Gasteiger partial charge in [0.25, 0.3) is 0 Å². The number of carbonyl (C=O) groups is 1. The van der Waals surface area contributed by atoms with Crippen molar-refractivity contribution in [3.8, 4) is 0 Å². The van der Waals surface area contributed by atoms with Crippen LogP contribution in [0.1, 0.15) is 24.8 Å². The van der Waals surface area contributed by atoms with Gasteiger partial charge < -0.3 is 5.11 Å². The minimum Gasteiger partial charge on any atom is -0.381 e. The number of hydrogen-bond acceptors (Lipinski definition) is 5. The lowest BCUT2D eigenvalue weighted by Gasteiger charge is -2.45. The zero-order valence-electron chi connectivity index (χ0n) is 10.7. The lowest BCUT2D eigenvalue weighted by Crippen LogP contribution is -2.55. The normalized spacial score (nSPS) is 36.5. The van der Waals surface area contributed by atoms with Gasteiger partial charge in [-0.3, -0.25) is 14.8 Å². The summed E-state index contributed by atoms with van der Waals surface area (Å²) in [5, 5.41) is 10.8. The third-order valence-corrected chi connectivity index (χ3v) is 5.45. The molecule has 2 aliphatic rings. The van der Waals surface area contributed by atoms with Crippen LogP contribution in [0.2, 0.25) is 0 Å². The van der Waals surface area contributed by atoms with Crippen molar-refractivity contribution in [3.63, 3.8) is 0 Å². The highest BCUT2D eigenvalue weighted by Gasteiger charge is 2.56. The number of pyridine rings is 1. The Bertz CT molecular complexity index is 532. The minimum atomic E-state index is -0.671. The highest BCUT2D eigenvalue weighted by Crippen LogP contribution is 2.50. The maximum absolute atomic E-state index is 12.8. The van der Waals surface area contributed by atoms with Gasteiger partial charge in [0.05, 0.1) is 11.0 Å². The van der Waals surface area contributed by atoms with E-state index in [4.69, 9.17) is 0 Å². The summed E-state index contributed by atoms with van der Waals surface area (Å²) in [7, 11) is 1.69. The van der Waals surface area contributed by atoms with E-state index in [9.17, 15) is 9.90 Å². The molecular weight excluding hydrogens is 260 g/mol. The quantitative estimate of drug-likeness (QED) is 0.849. The summed E-state index contributed by atoms with van der Waals surface area (Å²) in [4.78, 5) is 21.3. The second-order valence-corrected chi connectivity index (χ2v) is 6.15. The van der Waals surface area contributed by atoms with Crippen molar-refractivity contribution >= 4 is 22.6 Å². The Hall–Kier alpha value is -1.20. The molecule has 2 fully saturated rings. The molecule has 5 heteroatoms. The van der Waals surface area contributed by atoms with E-state index in [1.807, 2.05) is 12.1 Å². The number of Topliss-reactive ketones (excluding diaryl/α,β-unsaturated/α-hetero) is 1. The molecule has 1 saturated carbocycles. The molecule has 0 spiro atoms. The van der Waals surface area contributed by atoms with Crippen LogP contribution in [-0.2, 0) is 10.2 Å². The number of thioether (sulfide) groups is 1. The lowest BCUT2D eigenvalue weighted by atomic mass is 9.65. The molecule has 4 nitrogen and oxygen atoms in total. The lowest BCUT2D eigenvalue weighted by molar-refractivity contribution is -0.130. The molecule has 1 aromatic rings. The van der Waals surface area contributed by atoms with Crippen LogP contribution in [0.25, 0.3) is 0 Å². The fourth-order valence-corrected chi connectivity index (χ4v) is 4.49. The van der Waals surface area contributed by atoms with Crippen LogP contribution in [0.15, 0.2) is 29.5 Å². The number of aliphatic imine (C=N–C) groups is 1. The first kappa shape index (κ1) is 12.8. The number of fused-ring (bicyclic) bond motifs is 2. The van der Waals surface area contributed by atoms with Crippen molar-refractivity contribution in [1.29, 1.82) is 0 Å². The summed E-state index contributed by atoms with van der Waals surface area (Å²) in [6.45, 7) is 0. The Kier molecular flexibility index (Phi) is 3.19. The van der Waals surface area contributed by atoms with E-state index in [0.29, 0.717) is 0 Å². The predicted octanol–water partition coefficient (Wildman–Crippen LogP) is 1.78. The topological polar surface area (TPSA) is 62.6 Å². The third-order valence-electron chi connectivity index (χ3n) is 4.12. The first-order valence-electron chi connectivity index (χ1n) is 6.47. The Balaban J connectivity index is 2.17. The number of rotatable bonds is 1. The molecule has 3 rings (SSSR count). The van der Waals surface area contributed by atoms with E-state index in [1.54, 1.807) is 19.4 Å². The highest BCUT2D eigenvalue weighted by atomic mass is 32.2. The van der Waals surface area contributed by atoms with E-state index >= 15 is 0 Å². The molecule has 1 N–H and O–H groups in total. The molecule has 2 heterocycles. The SMILES string of the molecule is CN=C1S[C@H](O)[C@H]2CCC[C@]1(c1cccnc1)C2=O. The van der Waals surface area contributed by atoms with Gasteiger partial charge in [-0.1, -0.05) is 24.2 Å². The fraction of sp³-hybridized carbons (Fsp3) is 0.500. The largest absolute Gasteiger partial charge is 0.381 e. The standard InChI is InChI=1S/C14H16N2O2S/c1-15-13-14(9-4-3-7-16-8-9)6-2-5-10(11(14)17)12(18)19-13/h3-4,7-8,10,12,18H,2,5-6H2,1H3/t10-,12-,14-/m0/s1. The molecule has 0 radical (unpaired) electrons. The number of ketones is 1. The molecule has 1 aliphatic carbocycles. The van der Waals surface area contributed by atoms with E-state index < -0.39 is 10.9 Å². The summed E-state index contributed by atoms with van der Waals surface area (Å²) >= 11 is 1.33. The molecule has 0 aromatic carbocycles. The van der Waals surface area contributed by atoms with Crippen LogP contribution >= 0.6 is 11.8 Å². The van der Waals surface area contributed by atoms with Crippen LogP contribution < -0.4 is 0 Å². The predicted molar refractivity (Wildman–Crippen MR) is 75.2 cm³/mol. The van der Waals surface area contributed by atoms with E-state index in [-0.39, 0.29) is 11.7 Å². The molecule has 1 aromatic heterocycles. The van der Waals surface area contributed by atoms with E-state index in [2.05, 4.69) is 9.98 Å². The summed E-state index contributed by atoms with van der Waals surface area (Å²) < 4.78 is 0. The summed E-state index contributed by atoms with van der Waals surface area (Å²) in [6.07, 6.45) is 5.93. The Morgan fingerprint density at radius 2 is 2.42 bits per heavy atom. The van der Waals surface area contributed by atoms with Crippen LogP contribution in [0.3, 0.4) is 0 Å². The second kappa shape index (κ2) is 4.72. The number of carbonyl (C=O) groups excluding carboxylic acids is 1. The molecule has 19 heavy (non-hydrogen) atoms. The molecule has 0 unspecified atom stereocenters. The van der Waals surface area contributed by atoms with E-state index in [0.717, 1.165) is 29.9 Å². The summed E-state index contributed by atoms with van der Waals surface area (Å²) in [6, 6.07) is 3.79. The van der Waals surface area contributed by atoms with Gasteiger partial charge in [0.2, 0.25) is 0 Å². The van der Waals surface area contributed by atoms with Crippen molar-refractivity contribution in [2.75, 3.05) is 7.05 Å². The van der Waals surface area contributed by atoms with Gasteiger partial charge in [-0.2, -0.15) is 0 Å². The van der Waals surface area contributed by atoms with Gasteiger partial charge in [-0.05, 0) is 24.5 Å². The summed E-state index contributed by atoms with van der Waals surface area (Å²) in [5.41, 5.74) is -0.420. The number of nitrogens with zero attached hydrogens (tertiary/aromatic N) is 2. The van der Waals surface area contributed by atoms with Gasteiger partial charge in [-0.25, -0.2) is 0 Å². The highest BCUT2D eigenvalue weighted by molar-refractivity contribution is 8.14. The van der Waals surface area contributed by atoms with Gasteiger partial charge in [-0.15, -0.1) is 0 Å². The van der Waals surface area contributed by atoms with Crippen molar-refractivity contribution in [2.45, 2.75) is 30.1 Å².